The zero-order valence-corrected chi connectivity index (χ0v) is 19.0. The standard InChI is InChI=1S/C27H38N2O3/c30-25(21-6-2-3-7-21)10-9-23-24-16-20(15-22(24)17-26(23)31)5-1-4-8-27(32)29-18-19-11-13-28-14-12-19/h9-15,21-26,30-31H,1-8,16-18H2,(H,29,32)/b10-9+/t22-,23+,24-,25+,26+/m0/s1. The first-order valence-electron chi connectivity index (χ1n) is 12.5. The van der Waals surface area contributed by atoms with Gasteiger partial charge in [-0.25, -0.2) is 0 Å². The molecule has 0 bridgehead atoms. The van der Waals surface area contributed by atoms with Gasteiger partial charge in [-0.1, -0.05) is 36.6 Å². The van der Waals surface area contributed by atoms with Crippen LogP contribution in [0.2, 0.25) is 0 Å². The van der Waals surface area contributed by atoms with Gasteiger partial charge in [-0.15, -0.1) is 0 Å². The summed E-state index contributed by atoms with van der Waals surface area (Å²) in [5, 5.41) is 24.0. The van der Waals surface area contributed by atoms with Gasteiger partial charge in [0.05, 0.1) is 12.2 Å². The Labute approximate surface area is 192 Å². The summed E-state index contributed by atoms with van der Waals surface area (Å²) in [5.74, 6) is 1.59. The van der Waals surface area contributed by atoms with Crippen molar-refractivity contribution in [3.63, 3.8) is 0 Å². The Hall–Kier alpha value is -1.98. The van der Waals surface area contributed by atoms with E-state index in [1.165, 1.54) is 18.4 Å². The molecule has 1 amide bonds. The van der Waals surface area contributed by atoms with Gasteiger partial charge in [0.2, 0.25) is 5.91 Å². The third kappa shape index (κ3) is 6.08. The summed E-state index contributed by atoms with van der Waals surface area (Å²) in [6.07, 6.45) is 19.4. The smallest absolute Gasteiger partial charge is 0.220 e. The fourth-order valence-corrected chi connectivity index (χ4v) is 5.92. The minimum Gasteiger partial charge on any atom is -0.392 e. The number of pyridine rings is 1. The minimum absolute atomic E-state index is 0.105. The summed E-state index contributed by atoms with van der Waals surface area (Å²) in [4.78, 5) is 16.1. The number of aliphatic hydroxyl groups excluding tert-OH is 2. The molecule has 0 unspecified atom stereocenters. The minimum atomic E-state index is -0.359. The van der Waals surface area contributed by atoms with Crippen LogP contribution in [-0.2, 0) is 11.3 Å². The monoisotopic (exact) mass is 438 g/mol. The zero-order chi connectivity index (χ0) is 22.3. The summed E-state index contributed by atoms with van der Waals surface area (Å²) in [6, 6.07) is 3.83. The van der Waals surface area contributed by atoms with E-state index in [0.717, 1.165) is 50.5 Å². The van der Waals surface area contributed by atoms with E-state index in [0.29, 0.717) is 30.7 Å². The molecule has 5 nitrogen and oxygen atoms in total. The first-order chi connectivity index (χ1) is 15.6. The number of aliphatic hydroxyl groups is 2. The number of nitrogens with zero attached hydrogens (tertiary/aromatic N) is 1. The van der Waals surface area contributed by atoms with E-state index in [4.69, 9.17) is 0 Å². The maximum Gasteiger partial charge on any atom is 0.220 e. The van der Waals surface area contributed by atoms with Crippen LogP contribution in [0.25, 0.3) is 0 Å². The normalized spacial score (nSPS) is 28.8. The molecule has 1 aromatic heterocycles. The fourth-order valence-electron chi connectivity index (χ4n) is 5.92. The Bertz CT molecular complexity index is 800. The van der Waals surface area contributed by atoms with Crippen LogP contribution in [0.5, 0.6) is 0 Å². The predicted octanol–water partition coefficient (Wildman–Crippen LogP) is 4.31. The molecular formula is C27H38N2O3. The highest BCUT2D eigenvalue weighted by atomic mass is 16.3. The molecule has 2 saturated carbocycles. The van der Waals surface area contributed by atoms with E-state index in [1.807, 2.05) is 18.2 Å². The molecule has 1 heterocycles. The highest BCUT2D eigenvalue weighted by Crippen LogP contribution is 2.48. The van der Waals surface area contributed by atoms with E-state index in [9.17, 15) is 15.0 Å². The van der Waals surface area contributed by atoms with Gasteiger partial charge in [-0.2, -0.15) is 0 Å². The third-order valence-corrected chi connectivity index (χ3v) is 7.75. The van der Waals surface area contributed by atoms with Crippen molar-refractivity contribution in [3.8, 4) is 0 Å². The van der Waals surface area contributed by atoms with Gasteiger partial charge in [0.1, 0.15) is 0 Å². The molecule has 32 heavy (non-hydrogen) atoms. The van der Waals surface area contributed by atoms with E-state index in [-0.39, 0.29) is 24.0 Å². The summed E-state index contributed by atoms with van der Waals surface area (Å²) in [7, 11) is 0. The van der Waals surface area contributed by atoms with Gasteiger partial charge >= 0.3 is 0 Å². The van der Waals surface area contributed by atoms with Crippen molar-refractivity contribution in [2.75, 3.05) is 0 Å². The second-order valence-electron chi connectivity index (χ2n) is 10.00. The number of allylic oxidation sites excluding steroid dienone is 2. The maximum absolute atomic E-state index is 12.1. The fraction of sp³-hybridized carbons (Fsp3) is 0.630. The molecule has 5 heteroatoms. The van der Waals surface area contributed by atoms with Crippen molar-refractivity contribution in [1.29, 1.82) is 0 Å². The van der Waals surface area contributed by atoms with Gasteiger partial charge in [0.15, 0.2) is 0 Å². The van der Waals surface area contributed by atoms with E-state index >= 15 is 0 Å². The van der Waals surface area contributed by atoms with Crippen molar-refractivity contribution in [1.82, 2.24) is 10.3 Å². The van der Waals surface area contributed by atoms with Crippen molar-refractivity contribution >= 4 is 5.91 Å². The first kappa shape index (κ1) is 23.2. The van der Waals surface area contributed by atoms with Crippen LogP contribution in [0.3, 0.4) is 0 Å². The predicted molar refractivity (Wildman–Crippen MR) is 125 cm³/mol. The second-order valence-corrected chi connectivity index (χ2v) is 10.00. The number of fused-ring (bicyclic) bond motifs is 1. The van der Waals surface area contributed by atoms with E-state index in [1.54, 1.807) is 12.4 Å². The van der Waals surface area contributed by atoms with Crippen LogP contribution in [0.15, 0.2) is 48.3 Å². The van der Waals surface area contributed by atoms with Crippen molar-refractivity contribution in [2.45, 2.75) is 83.0 Å². The van der Waals surface area contributed by atoms with Crippen molar-refractivity contribution in [2.24, 2.45) is 23.7 Å². The number of aromatic nitrogens is 1. The average Bonchev–Trinajstić information content (AvgIpc) is 3.52. The van der Waals surface area contributed by atoms with Crippen molar-refractivity contribution in [3.05, 3.63) is 53.9 Å². The lowest BCUT2D eigenvalue weighted by Crippen LogP contribution is -2.22. The average molecular weight is 439 g/mol. The quantitative estimate of drug-likeness (QED) is 0.376. The Morgan fingerprint density at radius 1 is 1.22 bits per heavy atom. The molecule has 0 radical (unpaired) electrons. The van der Waals surface area contributed by atoms with Gasteiger partial charge in [-0.3, -0.25) is 9.78 Å². The third-order valence-electron chi connectivity index (χ3n) is 7.75. The number of carbonyl (C=O) groups is 1. The Morgan fingerprint density at radius 2 is 2.00 bits per heavy atom. The lowest BCUT2D eigenvalue weighted by atomic mass is 9.88. The summed E-state index contributed by atoms with van der Waals surface area (Å²) in [6.45, 7) is 0.558. The summed E-state index contributed by atoms with van der Waals surface area (Å²) < 4.78 is 0. The molecule has 174 valence electrons. The number of hydrogen-bond donors (Lipinski definition) is 3. The van der Waals surface area contributed by atoms with Crippen LogP contribution in [0, 0.1) is 23.7 Å². The van der Waals surface area contributed by atoms with Crippen LogP contribution in [0.4, 0.5) is 0 Å². The molecule has 0 saturated heterocycles. The molecule has 4 rings (SSSR count). The molecule has 2 fully saturated rings. The van der Waals surface area contributed by atoms with Crippen LogP contribution in [-0.4, -0.2) is 33.3 Å². The van der Waals surface area contributed by atoms with Crippen LogP contribution < -0.4 is 5.32 Å². The molecule has 1 aromatic rings. The second kappa shape index (κ2) is 11.2. The number of rotatable bonds is 10. The van der Waals surface area contributed by atoms with Crippen LogP contribution in [0.1, 0.15) is 69.8 Å². The molecule has 5 atom stereocenters. The largest absolute Gasteiger partial charge is 0.392 e. The highest BCUT2D eigenvalue weighted by Gasteiger charge is 2.43. The topological polar surface area (TPSA) is 82.5 Å². The van der Waals surface area contributed by atoms with Gasteiger partial charge in [0, 0.05) is 31.3 Å². The van der Waals surface area contributed by atoms with E-state index in [2.05, 4.69) is 22.5 Å². The summed E-state index contributed by atoms with van der Waals surface area (Å²) >= 11 is 0. The zero-order valence-electron chi connectivity index (χ0n) is 19.0. The molecule has 3 aliphatic carbocycles. The molecule has 3 N–H and O–H groups in total. The van der Waals surface area contributed by atoms with Gasteiger partial charge in [0.25, 0.3) is 0 Å². The maximum atomic E-state index is 12.1. The molecule has 0 aromatic carbocycles. The van der Waals surface area contributed by atoms with Gasteiger partial charge in [-0.05, 0) is 80.4 Å². The Balaban J connectivity index is 1.16. The highest BCUT2D eigenvalue weighted by molar-refractivity contribution is 5.75. The first-order valence-corrected chi connectivity index (χ1v) is 12.5. The number of nitrogens with one attached hydrogen (secondary N) is 1. The van der Waals surface area contributed by atoms with Gasteiger partial charge < -0.3 is 15.5 Å². The molecule has 0 spiro atoms. The lowest BCUT2D eigenvalue weighted by Gasteiger charge is -2.20. The van der Waals surface area contributed by atoms with Crippen molar-refractivity contribution < 1.29 is 15.0 Å². The SMILES string of the molecule is O=C(CCCCC1=C[C@H]2C[C@@H](O)[C@H](/C=C/[C@@H](O)C3CCCC3)[C@H]2C1)NCc1ccncc1. The van der Waals surface area contributed by atoms with E-state index < -0.39 is 0 Å². The molecular weight excluding hydrogens is 400 g/mol. The number of hydrogen-bond acceptors (Lipinski definition) is 4. The lowest BCUT2D eigenvalue weighted by molar-refractivity contribution is -0.121. The number of unbranched alkanes of at least 4 members (excludes halogenated alkanes) is 1. The Morgan fingerprint density at radius 3 is 2.78 bits per heavy atom. The summed E-state index contributed by atoms with van der Waals surface area (Å²) in [5.41, 5.74) is 2.55. The molecule has 0 aliphatic heterocycles. The molecule has 3 aliphatic rings. The number of amides is 1. The Kier molecular flexibility index (Phi) is 8.15. The number of carbonyl (C=O) groups excluding carboxylic acids is 1. The van der Waals surface area contributed by atoms with Crippen LogP contribution >= 0.6 is 0 Å².